The fourth-order valence-electron chi connectivity index (χ4n) is 5.21. The van der Waals surface area contributed by atoms with Gasteiger partial charge in [-0.05, 0) is 49.1 Å². The van der Waals surface area contributed by atoms with E-state index in [1.165, 1.54) is 12.0 Å². The minimum absolute atomic E-state index is 0.0140. The molecular weight excluding hydrogens is 490 g/mol. The Morgan fingerprint density at radius 2 is 1.62 bits per heavy atom. The second-order valence-electron chi connectivity index (χ2n) is 10.2. The molecular formula is C32H41N3O4. The summed E-state index contributed by atoms with van der Waals surface area (Å²) in [5, 5.41) is 0. The van der Waals surface area contributed by atoms with Gasteiger partial charge in [0.15, 0.2) is 6.61 Å². The highest BCUT2D eigenvalue weighted by Crippen LogP contribution is 2.25. The molecule has 1 aromatic heterocycles. The number of ether oxygens (including phenoxy) is 2. The summed E-state index contributed by atoms with van der Waals surface area (Å²) in [6, 6.07) is 24.0. The lowest BCUT2D eigenvalue weighted by Gasteiger charge is -2.36. The van der Waals surface area contributed by atoms with E-state index >= 15 is 0 Å². The van der Waals surface area contributed by atoms with Gasteiger partial charge in [0.2, 0.25) is 5.91 Å². The van der Waals surface area contributed by atoms with E-state index in [0.717, 1.165) is 37.9 Å². The number of methoxy groups -OCH3 is 1. The topological polar surface area (TPSA) is 64.0 Å². The number of benzene rings is 2. The van der Waals surface area contributed by atoms with Crippen molar-refractivity contribution >= 4 is 11.8 Å². The summed E-state index contributed by atoms with van der Waals surface area (Å²) in [6.45, 7) is 2.19. The van der Waals surface area contributed by atoms with Crippen molar-refractivity contribution < 1.29 is 19.1 Å². The van der Waals surface area contributed by atoms with Crippen LogP contribution in [0.3, 0.4) is 0 Å². The summed E-state index contributed by atoms with van der Waals surface area (Å²) in [5.41, 5.74) is 2.32. The minimum Gasteiger partial charge on any atom is -0.484 e. The molecule has 0 aliphatic heterocycles. The number of carbonyl (C=O) groups is 2. The predicted molar refractivity (Wildman–Crippen MR) is 152 cm³/mol. The average molecular weight is 532 g/mol. The molecule has 2 aromatic carbocycles. The SMILES string of the molecule is COCCCN(CC(=O)N(Cc1cccn1Cc1ccccc1)C1CCCCC1)C(=O)COc1ccccc1. The van der Waals surface area contributed by atoms with Gasteiger partial charge in [0.05, 0.1) is 13.1 Å². The van der Waals surface area contributed by atoms with E-state index in [1.807, 2.05) is 59.5 Å². The second-order valence-corrected chi connectivity index (χ2v) is 10.2. The molecule has 0 N–H and O–H groups in total. The van der Waals surface area contributed by atoms with Crippen LogP contribution in [0.4, 0.5) is 0 Å². The van der Waals surface area contributed by atoms with Gasteiger partial charge in [0, 0.05) is 44.7 Å². The van der Waals surface area contributed by atoms with Crippen molar-refractivity contribution in [1.29, 1.82) is 0 Å². The Hall–Kier alpha value is -3.58. The lowest BCUT2D eigenvalue weighted by molar-refractivity contribution is -0.144. The van der Waals surface area contributed by atoms with Gasteiger partial charge in [0.1, 0.15) is 5.75 Å². The first-order valence-electron chi connectivity index (χ1n) is 14.1. The zero-order chi connectivity index (χ0) is 27.3. The van der Waals surface area contributed by atoms with Crippen LogP contribution < -0.4 is 4.74 Å². The van der Waals surface area contributed by atoms with Gasteiger partial charge in [-0.25, -0.2) is 0 Å². The lowest BCUT2D eigenvalue weighted by atomic mass is 9.94. The molecule has 1 aliphatic rings. The fraction of sp³-hybridized carbons (Fsp3) is 0.438. The van der Waals surface area contributed by atoms with Crippen LogP contribution >= 0.6 is 0 Å². The Kier molecular flexibility index (Phi) is 11.0. The highest BCUT2D eigenvalue weighted by atomic mass is 16.5. The fourth-order valence-corrected chi connectivity index (χ4v) is 5.21. The number of amides is 2. The van der Waals surface area contributed by atoms with E-state index in [9.17, 15) is 9.59 Å². The van der Waals surface area contributed by atoms with Crippen molar-refractivity contribution in [1.82, 2.24) is 14.4 Å². The zero-order valence-corrected chi connectivity index (χ0v) is 23.0. The van der Waals surface area contributed by atoms with Crippen LogP contribution in [-0.2, 0) is 27.4 Å². The van der Waals surface area contributed by atoms with Crippen molar-refractivity contribution in [2.75, 3.05) is 33.4 Å². The van der Waals surface area contributed by atoms with Gasteiger partial charge in [-0.2, -0.15) is 0 Å². The van der Waals surface area contributed by atoms with Crippen molar-refractivity contribution in [2.45, 2.75) is 57.7 Å². The van der Waals surface area contributed by atoms with Gasteiger partial charge < -0.3 is 23.8 Å². The van der Waals surface area contributed by atoms with E-state index < -0.39 is 0 Å². The molecule has 0 saturated heterocycles. The Morgan fingerprint density at radius 3 is 2.33 bits per heavy atom. The number of hydrogen-bond acceptors (Lipinski definition) is 4. The summed E-state index contributed by atoms with van der Waals surface area (Å²) < 4.78 is 13.1. The third-order valence-electron chi connectivity index (χ3n) is 7.35. The van der Waals surface area contributed by atoms with E-state index in [1.54, 1.807) is 12.0 Å². The largest absolute Gasteiger partial charge is 0.484 e. The van der Waals surface area contributed by atoms with Gasteiger partial charge in [0.25, 0.3) is 5.91 Å². The zero-order valence-electron chi connectivity index (χ0n) is 23.0. The third-order valence-corrected chi connectivity index (χ3v) is 7.35. The summed E-state index contributed by atoms with van der Waals surface area (Å²) in [7, 11) is 1.64. The number of rotatable bonds is 14. The number of carbonyl (C=O) groups excluding carboxylic acids is 2. The summed E-state index contributed by atoms with van der Waals surface area (Å²) in [6.07, 6.45) is 8.19. The third kappa shape index (κ3) is 8.72. The first kappa shape index (κ1) is 28.4. The van der Waals surface area contributed by atoms with Crippen LogP contribution in [0.2, 0.25) is 0 Å². The van der Waals surface area contributed by atoms with Crippen LogP contribution in [0, 0.1) is 0 Å². The highest BCUT2D eigenvalue weighted by molar-refractivity contribution is 5.85. The maximum absolute atomic E-state index is 13.9. The molecule has 3 aromatic rings. The Balaban J connectivity index is 1.47. The van der Waals surface area contributed by atoms with E-state index in [2.05, 4.69) is 29.0 Å². The van der Waals surface area contributed by atoms with Crippen molar-refractivity contribution in [3.63, 3.8) is 0 Å². The van der Waals surface area contributed by atoms with Crippen LogP contribution in [0.5, 0.6) is 5.75 Å². The summed E-state index contributed by atoms with van der Waals surface area (Å²) in [4.78, 5) is 30.8. The molecule has 0 unspecified atom stereocenters. The van der Waals surface area contributed by atoms with Crippen molar-refractivity contribution in [2.24, 2.45) is 0 Å². The maximum atomic E-state index is 13.9. The summed E-state index contributed by atoms with van der Waals surface area (Å²) >= 11 is 0. The molecule has 1 heterocycles. The van der Waals surface area contributed by atoms with Crippen LogP contribution in [-0.4, -0.2) is 65.6 Å². The molecule has 7 nitrogen and oxygen atoms in total. The van der Waals surface area contributed by atoms with Crippen LogP contribution in [0.15, 0.2) is 79.0 Å². The van der Waals surface area contributed by atoms with Crippen molar-refractivity contribution in [3.8, 4) is 5.75 Å². The molecule has 39 heavy (non-hydrogen) atoms. The molecule has 208 valence electrons. The van der Waals surface area contributed by atoms with Gasteiger partial charge >= 0.3 is 0 Å². The summed E-state index contributed by atoms with van der Waals surface area (Å²) in [5.74, 6) is 0.427. The average Bonchev–Trinajstić information content (AvgIpc) is 3.42. The van der Waals surface area contributed by atoms with Crippen LogP contribution in [0.25, 0.3) is 0 Å². The van der Waals surface area contributed by atoms with Crippen molar-refractivity contribution in [3.05, 3.63) is 90.3 Å². The standard InChI is InChI=1S/C32H41N3O4/c1-38-22-12-21-34(32(37)26-39-30-18-9-4-10-19-30)25-31(36)35(28-15-7-3-8-16-28)24-29-17-11-20-33(29)23-27-13-5-2-6-14-27/h2,4-6,9-11,13-14,17-20,28H,3,7-8,12,15-16,21-26H2,1H3. The minimum atomic E-state index is -0.195. The van der Waals surface area contributed by atoms with Gasteiger partial charge in [-0.1, -0.05) is 67.8 Å². The molecule has 1 fully saturated rings. The molecule has 1 saturated carbocycles. The number of hydrogen-bond donors (Lipinski definition) is 0. The van der Waals surface area contributed by atoms with Gasteiger partial charge in [-0.15, -0.1) is 0 Å². The molecule has 0 bridgehead atoms. The lowest BCUT2D eigenvalue weighted by Crippen LogP contribution is -2.48. The smallest absolute Gasteiger partial charge is 0.260 e. The van der Waals surface area contributed by atoms with E-state index in [-0.39, 0.29) is 31.0 Å². The first-order valence-corrected chi connectivity index (χ1v) is 14.1. The molecule has 0 radical (unpaired) electrons. The molecule has 7 heteroatoms. The number of para-hydroxylation sites is 1. The van der Waals surface area contributed by atoms with Gasteiger partial charge in [-0.3, -0.25) is 9.59 Å². The van der Waals surface area contributed by atoms with Crippen LogP contribution in [0.1, 0.15) is 49.8 Å². The monoisotopic (exact) mass is 531 g/mol. The Morgan fingerprint density at radius 1 is 0.897 bits per heavy atom. The molecule has 0 atom stereocenters. The second kappa shape index (κ2) is 15.1. The normalized spacial score (nSPS) is 13.7. The molecule has 1 aliphatic carbocycles. The van der Waals surface area contributed by atoms with E-state index in [0.29, 0.717) is 31.9 Å². The predicted octanol–water partition coefficient (Wildman–Crippen LogP) is 5.14. The van der Waals surface area contributed by atoms with E-state index in [4.69, 9.17) is 9.47 Å². The quantitative estimate of drug-likeness (QED) is 0.270. The molecule has 0 spiro atoms. The first-order chi connectivity index (χ1) is 19.1. The molecule has 2 amide bonds. The Bertz CT molecular complexity index is 1140. The Labute approximate surface area is 232 Å². The number of aromatic nitrogens is 1. The number of nitrogens with zero attached hydrogens (tertiary/aromatic N) is 3. The maximum Gasteiger partial charge on any atom is 0.260 e. The molecule has 4 rings (SSSR count). The highest BCUT2D eigenvalue weighted by Gasteiger charge is 2.29.